The van der Waals surface area contributed by atoms with Gasteiger partial charge in [0.1, 0.15) is 0 Å². The molecule has 124 valence electrons. The lowest BCUT2D eigenvalue weighted by Gasteiger charge is -2.26. The highest BCUT2D eigenvalue weighted by molar-refractivity contribution is 7.91. The summed E-state index contributed by atoms with van der Waals surface area (Å²) in [5.41, 5.74) is 0. The number of carbonyl (C=O) groups excluding carboxylic acids is 1. The van der Waals surface area contributed by atoms with Gasteiger partial charge in [0.05, 0.1) is 18.1 Å². The van der Waals surface area contributed by atoms with Gasteiger partial charge in [-0.05, 0) is 24.3 Å². The topological polar surface area (TPSA) is 66.5 Å². The average Bonchev–Trinajstić information content (AvgIpc) is 3.07. The number of sulfone groups is 1. The number of hydrogen-bond acceptors (Lipinski definition) is 5. The van der Waals surface area contributed by atoms with Gasteiger partial charge >= 0.3 is 0 Å². The van der Waals surface area contributed by atoms with Crippen molar-refractivity contribution in [1.29, 1.82) is 0 Å². The molecule has 1 atom stereocenters. The van der Waals surface area contributed by atoms with E-state index >= 15 is 0 Å². The number of nitrogens with zero attached hydrogens (tertiary/aromatic N) is 1. The molecule has 1 aromatic rings. The molecule has 22 heavy (non-hydrogen) atoms. The average molecular weight is 345 g/mol. The van der Waals surface area contributed by atoms with Crippen molar-refractivity contribution in [3.05, 3.63) is 22.4 Å². The maximum Gasteiger partial charge on any atom is 0.234 e. The minimum atomic E-state index is -2.95. The molecule has 1 amide bonds. The van der Waals surface area contributed by atoms with E-state index < -0.39 is 9.84 Å². The molecule has 2 heterocycles. The van der Waals surface area contributed by atoms with E-state index in [1.807, 2.05) is 22.4 Å². The molecule has 1 saturated heterocycles. The summed E-state index contributed by atoms with van der Waals surface area (Å²) >= 11 is 1.64. The molecule has 1 N–H and O–H groups in total. The molecule has 0 saturated carbocycles. The number of nitrogens with one attached hydrogen (secondary N) is 1. The SMILES string of the molecule is CCCCNC(=O)CN(Cc1cccs1)C1CCS(=O)(=O)C1. The number of amides is 1. The number of rotatable bonds is 8. The number of carbonyl (C=O) groups is 1. The molecule has 0 bridgehead atoms. The molecular weight excluding hydrogens is 320 g/mol. The monoisotopic (exact) mass is 344 g/mol. The van der Waals surface area contributed by atoms with Crippen molar-refractivity contribution in [2.24, 2.45) is 0 Å². The Labute approximate surface area is 136 Å². The smallest absolute Gasteiger partial charge is 0.234 e. The zero-order chi connectivity index (χ0) is 16.0. The second-order valence-electron chi connectivity index (χ2n) is 5.74. The summed E-state index contributed by atoms with van der Waals surface area (Å²) in [5.74, 6) is 0.380. The summed E-state index contributed by atoms with van der Waals surface area (Å²) in [6.45, 7) is 3.67. The molecule has 0 aromatic carbocycles. The molecule has 0 aliphatic carbocycles. The molecule has 1 unspecified atom stereocenters. The van der Waals surface area contributed by atoms with Crippen LogP contribution in [0.25, 0.3) is 0 Å². The minimum Gasteiger partial charge on any atom is -0.355 e. The highest BCUT2D eigenvalue weighted by atomic mass is 32.2. The summed E-state index contributed by atoms with van der Waals surface area (Å²) in [5, 5.41) is 4.91. The first-order valence-corrected chi connectivity index (χ1v) is 10.4. The van der Waals surface area contributed by atoms with Crippen molar-refractivity contribution < 1.29 is 13.2 Å². The van der Waals surface area contributed by atoms with Crippen LogP contribution in [0.1, 0.15) is 31.1 Å². The summed E-state index contributed by atoms with van der Waals surface area (Å²) in [6, 6.07) is 3.95. The fraction of sp³-hybridized carbons (Fsp3) is 0.667. The van der Waals surface area contributed by atoms with Crippen LogP contribution in [-0.2, 0) is 21.2 Å². The van der Waals surface area contributed by atoms with Crippen LogP contribution in [0.4, 0.5) is 0 Å². The van der Waals surface area contributed by atoms with Gasteiger partial charge in [-0.2, -0.15) is 0 Å². The van der Waals surface area contributed by atoms with Gasteiger partial charge in [0.25, 0.3) is 0 Å². The molecule has 1 aliphatic heterocycles. The Morgan fingerprint density at radius 3 is 2.91 bits per heavy atom. The van der Waals surface area contributed by atoms with Crippen LogP contribution in [0.5, 0.6) is 0 Å². The minimum absolute atomic E-state index is 0.0192. The number of unbranched alkanes of at least 4 members (excludes halogenated alkanes) is 1. The van der Waals surface area contributed by atoms with Gasteiger partial charge in [0, 0.05) is 24.0 Å². The molecule has 1 fully saturated rings. The number of thiophene rings is 1. The van der Waals surface area contributed by atoms with Crippen LogP contribution >= 0.6 is 11.3 Å². The van der Waals surface area contributed by atoms with E-state index in [-0.39, 0.29) is 30.0 Å². The van der Waals surface area contributed by atoms with E-state index in [9.17, 15) is 13.2 Å². The lowest BCUT2D eigenvalue weighted by atomic mass is 10.2. The van der Waals surface area contributed by atoms with Crippen LogP contribution < -0.4 is 5.32 Å². The van der Waals surface area contributed by atoms with Crippen molar-refractivity contribution in [2.75, 3.05) is 24.6 Å². The van der Waals surface area contributed by atoms with Crippen molar-refractivity contribution in [3.63, 3.8) is 0 Å². The van der Waals surface area contributed by atoms with Gasteiger partial charge in [-0.15, -0.1) is 11.3 Å². The molecule has 5 nitrogen and oxygen atoms in total. The Morgan fingerprint density at radius 1 is 1.50 bits per heavy atom. The Balaban J connectivity index is 1.97. The largest absolute Gasteiger partial charge is 0.355 e. The standard InChI is InChI=1S/C15H24N2O3S2/c1-2-3-7-16-15(18)11-17(10-14-5-4-8-21-14)13-6-9-22(19,20)12-13/h4-5,8,13H,2-3,6-7,9-12H2,1H3,(H,16,18). The second kappa shape index (κ2) is 8.08. The fourth-order valence-corrected chi connectivity index (χ4v) is 5.12. The summed E-state index contributed by atoms with van der Waals surface area (Å²) in [6.07, 6.45) is 2.63. The molecule has 1 aromatic heterocycles. The first-order valence-electron chi connectivity index (χ1n) is 7.73. The summed E-state index contributed by atoms with van der Waals surface area (Å²) < 4.78 is 23.4. The Hall–Kier alpha value is -0.920. The van der Waals surface area contributed by atoms with Crippen LogP contribution in [0.15, 0.2) is 17.5 Å². The van der Waals surface area contributed by atoms with Gasteiger partial charge in [-0.1, -0.05) is 19.4 Å². The van der Waals surface area contributed by atoms with Crippen LogP contribution in [0.3, 0.4) is 0 Å². The van der Waals surface area contributed by atoms with E-state index in [1.54, 1.807) is 11.3 Å². The number of hydrogen-bond donors (Lipinski definition) is 1. The molecule has 2 rings (SSSR count). The van der Waals surface area contributed by atoms with Crippen molar-refractivity contribution in [2.45, 2.75) is 38.8 Å². The Bertz CT molecular complexity index is 570. The van der Waals surface area contributed by atoms with Gasteiger partial charge < -0.3 is 5.32 Å². The lowest BCUT2D eigenvalue weighted by molar-refractivity contribution is -0.122. The normalized spacial score (nSPS) is 20.4. The van der Waals surface area contributed by atoms with Crippen molar-refractivity contribution >= 4 is 27.1 Å². The van der Waals surface area contributed by atoms with E-state index in [4.69, 9.17) is 0 Å². The molecule has 0 radical (unpaired) electrons. The van der Waals surface area contributed by atoms with Gasteiger partial charge in [-0.25, -0.2) is 8.42 Å². The molecule has 0 spiro atoms. The summed E-state index contributed by atoms with van der Waals surface area (Å²) in [4.78, 5) is 15.2. The highest BCUT2D eigenvalue weighted by Crippen LogP contribution is 2.21. The van der Waals surface area contributed by atoms with Crippen LogP contribution in [0.2, 0.25) is 0 Å². The lowest BCUT2D eigenvalue weighted by Crippen LogP contribution is -2.43. The fourth-order valence-electron chi connectivity index (χ4n) is 2.63. The van der Waals surface area contributed by atoms with Crippen molar-refractivity contribution in [1.82, 2.24) is 10.2 Å². The van der Waals surface area contributed by atoms with Crippen LogP contribution in [-0.4, -0.2) is 49.9 Å². The van der Waals surface area contributed by atoms with Crippen molar-refractivity contribution in [3.8, 4) is 0 Å². The summed E-state index contributed by atoms with van der Waals surface area (Å²) in [7, 11) is -2.95. The van der Waals surface area contributed by atoms with E-state index in [2.05, 4.69) is 12.2 Å². The predicted molar refractivity (Wildman–Crippen MR) is 89.7 cm³/mol. The van der Waals surface area contributed by atoms with E-state index in [0.29, 0.717) is 19.5 Å². The van der Waals surface area contributed by atoms with E-state index in [1.165, 1.54) is 0 Å². The Morgan fingerprint density at radius 2 is 2.32 bits per heavy atom. The first kappa shape index (κ1) is 17.4. The zero-order valence-corrected chi connectivity index (χ0v) is 14.6. The predicted octanol–water partition coefficient (Wildman–Crippen LogP) is 1.65. The maximum absolute atomic E-state index is 12.1. The highest BCUT2D eigenvalue weighted by Gasteiger charge is 2.33. The van der Waals surface area contributed by atoms with E-state index in [0.717, 1.165) is 17.7 Å². The van der Waals surface area contributed by atoms with Gasteiger partial charge in [-0.3, -0.25) is 9.69 Å². The second-order valence-corrected chi connectivity index (χ2v) is 9.01. The Kier molecular flexibility index (Phi) is 6.40. The molecule has 1 aliphatic rings. The van der Waals surface area contributed by atoms with Gasteiger partial charge in [0.2, 0.25) is 5.91 Å². The maximum atomic E-state index is 12.1. The third-order valence-electron chi connectivity index (χ3n) is 3.86. The zero-order valence-electron chi connectivity index (χ0n) is 13.0. The molecular formula is C15H24N2O3S2. The third-order valence-corrected chi connectivity index (χ3v) is 6.47. The first-order chi connectivity index (χ1) is 10.5. The quantitative estimate of drug-likeness (QED) is 0.728. The van der Waals surface area contributed by atoms with Gasteiger partial charge in [0.15, 0.2) is 9.84 Å². The third kappa shape index (κ3) is 5.37. The van der Waals surface area contributed by atoms with Crippen LogP contribution in [0, 0.1) is 0 Å². The molecule has 7 heteroatoms.